The van der Waals surface area contributed by atoms with E-state index >= 15 is 0 Å². The Balaban J connectivity index is 2.56. The van der Waals surface area contributed by atoms with Crippen molar-refractivity contribution in [3.05, 3.63) is 26.7 Å². The molecule has 0 radical (unpaired) electrons. The second kappa shape index (κ2) is 8.28. The number of rotatable bonds is 6. The van der Waals surface area contributed by atoms with E-state index in [9.17, 15) is 23.1 Å². The number of hydrogen-bond acceptors (Lipinski definition) is 3. The molecule has 0 spiro atoms. The Morgan fingerprint density at radius 2 is 1.91 bits per heavy atom. The molecule has 1 aromatic rings. The highest BCUT2D eigenvalue weighted by atomic mass is 35.5. The molecule has 1 rings (SSSR count). The molecule has 0 fully saturated rings. The summed E-state index contributed by atoms with van der Waals surface area (Å²) in [4.78, 5) is 13.1. The van der Waals surface area contributed by atoms with Gasteiger partial charge in [-0.1, -0.05) is 34.8 Å². The van der Waals surface area contributed by atoms with Gasteiger partial charge in [-0.2, -0.15) is 13.2 Å². The minimum Gasteiger partial charge on any atom is -0.505 e. The average molecular weight is 394 g/mol. The fourth-order valence-electron chi connectivity index (χ4n) is 1.82. The highest BCUT2D eigenvalue weighted by Crippen LogP contribution is 2.38. The summed E-state index contributed by atoms with van der Waals surface area (Å²) in [6.45, 7) is -0.797. The van der Waals surface area contributed by atoms with Crippen LogP contribution in [0.5, 0.6) is 5.75 Å². The van der Waals surface area contributed by atoms with Gasteiger partial charge in [-0.25, -0.2) is 0 Å². The topological polar surface area (TPSA) is 52.6 Å². The zero-order valence-corrected chi connectivity index (χ0v) is 14.2. The van der Waals surface area contributed by atoms with E-state index < -0.39 is 24.4 Å². The number of carbonyl (C=O) groups excluding carboxylic acids is 1. The van der Waals surface area contributed by atoms with Crippen molar-refractivity contribution in [2.75, 3.05) is 26.7 Å². The first kappa shape index (κ1) is 20.2. The van der Waals surface area contributed by atoms with Crippen LogP contribution in [0.2, 0.25) is 15.1 Å². The van der Waals surface area contributed by atoms with Crippen LogP contribution in [-0.4, -0.2) is 48.8 Å². The number of nitrogens with one attached hydrogen (secondary N) is 1. The molecule has 0 saturated carbocycles. The summed E-state index contributed by atoms with van der Waals surface area (Å²) in [6.07, 6.45) is -3.99. The molecule has 1 amide bonds. The van der Waals surface area contributed by atoms with Gasteiger partial charge >= 0.3 is 6.18 Å². The van der Waals surface area contributed by atoms with Gasteiger partial charge in [0.25, 0.3) is 5.91 Å². The van der Waals surface area contributed by atoms with Crippen LogP contribution in [0, 0.1) is 0 Å². The Morgan fingerprint density at radius 1 is 1.30 bits per heavy atom. The Morgan fingerprint density at radius 3 is 2.48 bits per heavy atom. The van der Waals surface area contributed by atoms with E-state index in [0.29, 0.717) is 0 Å². The van der Waals surface area contributed by atoms with Crippen LogP contribution in [-0.2, 0) is 0 Å². The molecular weight excluding hydrogens is 380 g/mol. The van der Waals surface area contributed by atoms with Crippen molar-refractivity contribution >= 4 is 40.7 Å². The second-order valence-corrected chi connectivity index (χ2v) is 6.03. The number of hydrogen-bond donors (Lipinski definition) is 2. The van der Waals surface area contributed by atoms with Gasteiger partial charge in [-0.3, -0.25) is 9.69 Å². The van der Waals surface area contributed by atoms with E-state index in [4.69, 9.17) is 34.8 Å². The zero-order valence-electron chi connectivity index (χ0n) is 12.0. The molecule has 4 nitrogen and oxygen atoms in total. The maximum atomic E-state index is 12.2. The predicted molar refractivity (Wildman–Crippen MR) is 83.6 cm³/mol. The number of amides is 1. The molecule has 23 heavy (non-hydrogen) atoms. The molecule has 2 N–H and O–H groups in total. The first-order chi connectivity index (χ1) is 10.5. The number of benzene rings is 1. The number of aromatic hydroxyl groups is 1. The molecule has 0 saturated heterocycles. The lowest BCUT2D eigenvalue weighted by atomic mass is 10.2. The van der Waals surface area contributed by atoms with Gasteiger partial charge < -0.3 is 10.4 Å². The summed E-state index contributed by atoms with van der Waals surface area (Å²) in [7, 11) is 1.33. The maximum Gasteiger partial charge on any atom is 0.401 e. The van der Waals surface area contributed by atoms with Gasteiger partial charge in [0.2, 0.25) is 0 Å². The van der Waals surface area contributed by atoms with Crippen LogP contribution in [0.15, 0.2) is 6.07 Å². The van der Waals surface area contributed by atoms with E-state index in [1.165, 1.54) is 13.1 Å². The summed E-state index contributed by atoms with van der Waals surface area (Å²) in [5.74, 6) is -1.22. The largest absolute Gasteiger partial charge is 0.505 e. The molecule has 0 aliphatic heterocycles. The van der Waals surface area contributed by atoms with Crippen LogP contribution >= 0.6 is 34.8 Å². The molecule has 0 aliphatic rings. The Bertz CT molecular complexity index is 556. The second-order valence-electron chi connectivity index (χ2n) is 4.84. The van der Waals surface area contributed by atoms with Gasteiger partial charge in [0.15, 0.2) is 0 Å². The van der Waals surface area contributed by atoms with Gasteiger partial charge in [0.1, 0.15) is 11.3 Å². The fraction of sp³-hybridized carbons (Fsp3) is 0.462. The highest BCUT2D eigenvalue weighted by Gasteiger charge is 2.28. The number of carbonyl (C=O) groups is 1. The zero-order chi connectivity index (χ0) is 17.8. The number of phenolic OH excluding ortho intramolecular Hbond substituents is 1. The van der Waals surface area contributed by atoms with Crippen molar-refractivity contribution < 1.29 is 23.1 Å². The Kier molecular flexibility index (Phi) is 7.26. The number of alkyl halides is 3. The van der Waals surface area contributed by atoms with Crippen molar-refractivity contribution in [3.63, 3.8) is 0 Å². The summed E-state index contributed by atoms with van der Waals surface area (Å²) >= 11 is 17.3. The lowest BCUT2D eigenvalue weighted by molar-refractivity contribution is -0.143. The summed E-state index contributed by atoms with van der Waals surface area (Å²) in [5, 5.41) is 11.9. The minimum atomic E-state index is -4.27. The Hall–Kier alpha value is -0.890. The molecule has 0 unspecified atom stereocenters. The fourth-order valence-corrected chi connectivity index (χ4v) is 2.51. The van der Waals surface area contributed by atoms with Gasteiger partial charge in [0, 0.05) is 6.54 Å². The van der Waals surface area contributed by atoms with E-state index in [1.54, 1.807) is 0 Å². The van der Waals surface area contributed by atoms with Crippen LogP contribution < -0.4 is 5.32 Å². The molecule has 0 aromatic heterocycles. The summed E-state index contributed by atoms with van der Waals surface area (Å²) in [6, 6.07) is 1.20. The van der Waals surface area contributed by atoms with Crippen molar-refractivity contribution in [1.29, 1.82) is 0 Å². The Labute approximate surface area is 146 Å². The summed E-state index contributed by atoms with van der Waals surface area (Å²) < 4.78 is 36.5. The maximum absolute atomic E-state index is 12.2. The van der Waals surface area contributed by atoms with Gasteiger partial charge in [-0.05, 0) is 26.1 Å². The molecule has 130 valence electrons. The van der Waals surface area contributed by atoms with Crippen molar-refractivity contribution in [2.45, 2.75) is 12.6 Å². The molecule has 10 heteroatoms. The summed E-state index contributed by atoms with van der Waals surface area (Å²) in [5.41, 5.74) is -0.271. The first-order valence-corrected chi connectivity index (χ1v) is 7.56. The predicted octanol–water partition coefficient (Wildman–Crippen LogP) is 3.97. The highest BCUT2D eigenvalue weighted by molar-refractivity contribution is 6.45. The van der Waals surface area contributed by atoms with Gasteiger partial charge in [0.05, 0.1) is 21.6 Å². The van der Waals surface area contributed by atoms with Crippen LogP contribution in [0.4, 0.5) is 13.2 Å². The smallest absolute Gasteiger partial charge is 0.401 e. The quantitative estimate of drug-likeness (QED) is 0.568. The van der Waals surface area contributed by atoms with Crippen LogP contribution in [0.25, 0.3) is 0 Å². The van der Waals surface area contributed by atoms with E-state index in [0.717, 1.165) is 4.90 Å². The van der Waals surface area contributed by atoms with E-state index in [-0.39, 0.29) is 40.1 Å². The van der Waals surface area contributed by atoms with Gasteiger partial charge in [-0.15, -0.1) is 0 Å². The molecule has 0 atom stereocenters. The standard InChI is InChI=1S/C13H14Cl3F3N2O2/c1-21(6-13(17,18)19)4-2-3-20-12(23)9-10(16)7(14)5-8(15)11(9)22/h5,22H,2-4,6H2,1H3,(H,20,23). The van der Waals surface area contributed by atoms with Crippen LogP contribution in [0.1, 0.15) is 16.8 Å². The van der Waals surface area contributed by atoms with Crippen LogP contribution in [0.3, 0.4) is 0 Å². The normalized spacial score (nSPS) is 11.8. The third kappa shape index (κ3) is 6.25. The third-order valence-electron chi connectivity index (χ3n) is 2.82. The third-order valence-corrected chi connectivity index (χ3v) is 3.90. The number of halogens is 6. The van der Waals surface area contributed by atoms with Crippen molar-refractivity contribution in [3.8, 4) is 5.75 Å². The number of nitrogens with zero attached hydrogens (tertiary/aromatic N) is 1. The van der Waals surface area contributed by atoms with E-state index in [2.05, 4.69) is 5.32 Å². The SMILES string of the molecule is CN(CCCNC(=O)c1c(O)c(Cl)cc(Cl)c1Cl)CC(F)(F)F. The molecular formula is C13H14Cl3F3N2O2. The lowest BCUT2D eigenvalue weighted by Crippen LogP contribution is -2.33. The van der Waals surface area contributed by atoms with Crippen molar-refractivity contribution in [1.82, 2.24) is 10.2 Å². The first-order valence-electron chi connectivity index (χ1n) is 6.43. The molecule has 0 bridgehead atoms. The number of phenols is 1. The lowest BCUT2D eigenvalue weighted by Gasteiger charge is -2.18. The molecule has 0 aliphatic carbocycles. The minimum absolute atomic E-state index is 0.00419. The monoisotopic (exact) mass is 392 g/mol. The average Bonchev–Trinajstić information content (AvgIpc) is 2.40. The van der Waals surface area contributed by atoms with Crippen molar-refractivity contribution in [2.24, 2.45) is 0 Å². The van der Waals surface area contributed by atoms with E-state index in [1.807, 2.05) is 0 Å². The molecule has 0 heterocycles. The molecule has 1 aromatic carbocycles.